The van der Waals surface area contributed by atoms with Crippen LogP contribution < -0.4 is 0 Å². The molecule has 0 radical (unpaired) electrons. The number of pyridine rings is 1. The number of aryl methyl sites for hydroxylation is 2. The van der Waals surface area contributed by atoms with E-state index in [0.29, 0.717) is 22.6 Å². The fourth-order valence-electron chi connectivity index (χ4n) is 7.97. The van der Waals surface area contributed by atoms with Crippen molar-refractivity contribution in [1.29, 1.82) is 0 Å². The summed E-state index contributed by atoms with van der Waals surface area (Å²) in [5.41, 5.74) is 14.0. The zero-order valence-electron chi connectivity index (χ0n) is 41.7. The molecule has 0 aliphatic rings. The van der Waals surface area contributed by atoms with Gasteiger partial charge in [0.2, 0.25) is 0 Å². The number of phenols is 1. The Morgan fingerprint density at radius 2 is 1.22 bits per heavy atom. The lowest BCUT2D eigenvalue weighted by atomic mass is 9.83. The third-order valence-electron chi connectivity index (χ3n) is 11.5. The summed E-state index contributed by atoms with van der Waals surface area (Å²) in [6, 6.07) is 34.0. The summed E-state index contributed by atoms with van der Waals surface area (Å²) in [7, 11) is 0. The van der Waals surface area contributed by atoms with E-state index in [1.165, 1.54) is 5.56 Å². The molecule has 0 saturated heterocycles. The van der Waals surface area contributed by atoms with E-state index in [2.05, 4.69) is 146 Å². The fraction of sp³-hybridized carbons (Fsp3) is 0.250. The molecule has 0 aliphatic heterocycles. The zero-order valence-corrected chi connectivity index (χ0v) is 36.7. The number of nitrogens with zero attached hydrogens (tertiary/aromatic N) is 3. The second-order valence-corrected chi connectivity index (χ2v) is 19.2. The number of aromatic nitrogens is 3. The number of benzene rings is 6. The van der Waals surface area contributed by atoms with Crippen LogP contribution >= 0.6 is 0 Å². The Kier molecular flexibility index (Phi) is 8.70. The molecule has 1 N–H and O–H groups in total. The quantitative estimate of drug-likeness (QED) is 0.182. The van der Waals surface area contributed by atoms with Gasteiger partial charge in [0.25, 0.3) is 0 Å². The van der Waals surface area contributed by atoms with Crippen LogP contribution in [0, 0.1) is 13.8 Å². The molecular formula is C56H57N3O. The summed E-state index contributed by atoms with van der Waals surface area (Å²) in [5, 5.41) is 11.9. The van der Waals surface area contributed by atoms with Crippen LogP contribution in [-0.2, 0) is 16.2 Å². The van der Waals surface area contributed by atoms with E-state index in [1.807, 2.05) is 26.0 Å². The third-order valence-corrected chi connectivity index (χ3v) is 11.5. The van der Waals surface area contributed by atoms with Crippen LogP contribution in [0.15, 0.2) is 140 Å². The van der Waals surface area contributed by atoms with Gasteiger partial charge in [-0.05, 0) is 123 Å². The summed E-state index contributed by atoms with van der Waals surface area (Å²) in [4.78, 5) is 10.3. The van der Waals surface area contributed by atoms with Crippen molar-refractivity contribution in [2.45, 2.75) is 92.4 Å². The van der Waals surface area contributed by atoms with Crippen molar-refractivity contribution in [3.63, 3.8) is 0 Å². The molecule has 0 spiro atoms. The molecule has 0 fully saturated rings. The number of imidazole rings is 1. The average Bonchev–Trinajstić information content (AvgIpc) is 3.65. The lowest BCUT2D eigenvalue weighted by Gasteiger charge is -2.24. The van der Waals surface area contributed by atoms with Gasteiger partial charge in [0, 0.05) is 22.9 Å². The molecule has 8 aromatic rings. The molecule has 0 amide bonds. The molecule has 302 valence electrons. The minimum atomic E-state index is -0.430. The van der Waals surface area contributed by atoms with Gasteiger partial charge >= 0.3 is 0 Å². The van der Waals surface area contributed by atoms with E-state index < -0.39 is 6.04 Å². The predicted octanol–water partition coefficient (Wildman–Crippen LogP) is 15.0. The minimum absolute atomic E-state index is 0.00447. The SMILES string of the molecule is [2H]c1c([2H])c([2H])c(-c2ccnc(-c3cc(-c4cccc5c4nc(-c4cc(C)cc(C)c4O)n5-c4cc(C(C)(C)C)ccc4-c4ccc(C(C)(C)C)cc4)cc(C(C)(C)C)c3)c2)c([2H])c1[2H]. The standard InChI is InChI=1S/C56H57N3O/c1-35-28-36(2)52(60)47(29-35)53-58-51-46(40-30-41(32-44(31-40)56(9,10)11)48-33-39(26-27-57-48)37-16-13-12-14-17-37)18-15-19-49(51)59(53)50-34-43(55(6,7)8)24-25-45(50)38-20-22-42(23-21-38)54(3,4)5/h12-34,60H,1-11H3/i12D,13D,14D,16D,17D. The van der Waals surface area contributed by atoms with E-state index in [0.717, 1.165) is 66.8 Å². The Balaban J connectivity index is 1.42. The molecule has 8 rings (SSSR count). The van der Waals surface area contributed by atoms with Crippen molar-refractivity contribution >= 4 is 11.0 Å². The van der Waals surface area contributed by atoms with Crippen molar-refractivity contribution in [2.75, 3.05) is 0 Å². The summed E-state index contributed by atoms with van der Waals surface area (Å²) in [5.74, 6) is 0.800. The van der Waals surface area contributed by atoms with Crippen LogP contribution in [0.25, 0.3) is 72.7 Å². The molecule has 0 unspecified atom stereocenters. The third kappa shape index (κ3) is 7.79. The topological polar surface area (TPSA) is 50.9 Å². The summed E-state index contributed by atoms with van der Waals surface area (Å²) >= 11 is 0. The Labute approximate surface area is 363 Å². The van der Waals surface area contributed by atoms with Crippen LogP contribution in [-0.4, -0.2) is 19.6 Å². The first-order chi connectivity index (χ1) is 30.4. The maximum absolute atomic E-state index is 11.9. The summed E-state index contributed by atoms with van der Waals surface area (Å²) in [6.07, 6.45) is 1.62. The van der Waals surface area contributed by atoms with Crippen LogP contribution in [0.3, 0.4) is 0 Å². The van der Waals surface area contributed by atoms with Gasteiger partial charge in [-0.15, -0.1) is 0 Å². The largest absolute Gasteiger partial charge is 0.507 e. The van der Waals surface area contributed by atoms with Crippen molar-refractivity contribution in [1.82, 2.24) is 14.5 Å². The number of aromatic hydroxyl groups is 1. The minimum Gasteiger partial charge on any atom is -0.507 e. The first kappa shape index (κ1) is 34.6. The molecular weight excluding hydrogens is 731 g/mol. The Morgan fingerprint density at radius 1 is 0.550 bits per heavy atom. The highest BCUT2D eigenvalue weighted by molar-refractivity contribution is 5.98. The van der Waals surface area contributed by atoms with Crippen molar-refractivity contribution in [3.05, 3.63) is 167 Å². The highest BCUT2D eigenvalue weighted by Crippen LogP contribution is 2.43. The Bertz CT molecular complexity index is 3150. The number of fused-ring (bicyclic) bond motifs is 1. The lowest BCUT2D eigenvalue weighted by Crippen LogP contribution is -2.13. The molecule has 4 nitrogen and oxygen atoms in total. The first-order valence-corrected chi connectivity index (χ1v) is 20.7. The molecule has 4 heteroatoms. The van der Waals surface area contributed by atoms with Gasteiger partial charge in [-0.3, -0.25) is 9.55 Å². The summed E-state index contributed by atoms with van der Waals surface area (Å²) in [6.45, 7) is 23.8. The van der Waals surface area contributed by atoms with E-state index in [1.54, 1.807) is 18.3 Å². The highest BCUT2D eigenvalue weighted by atomic mass is 16.3. The second-order valence-electron chi connectivity index (χ2n) is 19.2. The average molecular weight is 793 g/mol. The maximum atomic E-state index is 11.9. The van der Waals surface area contributed by atoms with Crippen LogP contribution in [0.4, 0.5) is 0 Å². The van der Waals surface area contributed by atoms with Crippen LogP contribution in [0.5, 0.6) is 5.75 Å². The molecule has 2 aromatic heterocycles. The Hall–Kier alpha value is -6.26. The zero-order chi connectivity index (χ0) is 47.1. The van der Waals surface area contributed by atoms with Crippen molar-refractivity contribution < 1.29 is 12.0 Å². The number of hydrogen-bond donors (Lipinski definition) is 1. The van der Waals surface area contributed by atoms with Gasteiger partial charge < -0.3 is 5.11 Å². The van der Waals surface area contributed by atoms with Gasteiger partial charge in [-0.2, -0.15) is 0 Å². The van der Waals surface area contributed by atoms with Gasteiger partial charge in [-0.1, -0.05) is 153 Å². The molecule has 6 aromatic carbocycles. The van der Waals surface area contributed by atoms with E-state index in [9.17, 15) is 5.11 Å². The Morgan fingerprint density at radius 3 is 1.90 bits per heavy atom. The molecule has 2 heterocycles. The van der Waals surface area contributed by atoms with E-state index in [4.69, 9.17) is 16.8 Å². The number of para-hydroxylation sites is 1. The smallest absolute Gasteiger partial charge is 0.149 e. The van der Waals surface area contributed by atoms with E-state index in [-0.39, 0.29) is 51.7 Å². The van der Waals surface area contributed by atoms with Gasteiger partial charge in [0.05, 0.1) is 34.8 Å². The number of rotatable bonds is 6. The van der Waals surface area contributed by atoms with Crippen molar-refractivity contribution in [2.24, 2.45) is 0 Å². The van der Waals surface area contributed by atoms with Crippen LogP contribution in [0.1, 0.15) is 97.0 Å². The van der Waals surface area contributed by atoms with Crippen LogP contribution in [0.2, 0.25) is 0 Å². The monoisotopic (exact) mass is 792 g/mol. The van der Waals surface area contributed by atoms with Crippen molar-refractivity contribution in [3.8, 4) is 67.5 Å². The molecule has 0 bridgehead atoms. The molecule has 60 heavy (non-hydrogen) atoms. The number of hydrogen-bond acceptors (Lipinski definition) is 3. The molecule has 0 aliphatic carbocycles. The number of phenolic OH excluding ortho intramolecular Hbond substituents is 1. The van der Waals surface area contributed by atoms with Gasteiger partial charge in [-0.25, -0.2) is 4.98 Å². The first-order valence-electron chi connectivity index (χ1n) is 23.2. The fourth-order valence-corrected chi connectivity index (χ4v) is 7.97. The molecule has 0 atom stereocenters. The highest BCUT2D eigenvalue weighted by Gasteiger charge is 2.26. The second kappa shape index (κ2) is 15.1. The maximum Gasteiger partial charge on any atom is 0.149 e. The van der Waals surface area contributed by atoms with Gasteiger partial charge in [0.15, 0.2) is 0 Å². The van der Waals surface area contributed by atoms with Gasteiger partial charge in [0.1, 0.15) is 11.6 Å². The summed E-state index contributed by atoms with van der Waals surface area (Å²) < 4.78 is 44.4. The molecule has 0 saturated carbocycles. The lowest BCUT2D eigenvalue weighted by molar-refractivity contribution is 0.472. The normalized spacial score (nSPS) is 13.5. The predicted molar refractivity (Wildman–Crippen MR) is 253 cm³/mol. The van der Waals surface area contributed by atoms with E-state index >= 15 is 0 Å².